The molecule has 2 aromatic carbocycles. The summed E-state index contributed by atoms with van der Waals surface area (Å²) in [5.41, 5.74) is 2.75. The van der Waals surface area contributed by atoms with E-state index in [0.717, 1.165) is 16.8 Å². The predicted molar refractivity (Wildman–Crippen MR) is 91.7 cm³/mol. The number of rotatable bonds is 6. The van der Waals surface area contributed by atoms with Gasteiger partial charge in [-0.15, -0.1) is 0 Å². The van der Waals surface area contributed by atoms with E-state index in [1.165, 1.54) is 0 Å². The van der Waals surface area contributed by atoms with Gasteiger partial charge in [0.05, 0.1) is 24.8 Å². The molecule has 0 aliphatic carbocycles. The summed E-state index contributed by atoms with van der Waals surface area (Å²) >= 11 is 0. The molecule has 1 heterocycles. The Balaban J connectivity index is 1.62. The lowest BCUT2D eigenvalue weighted by Gasteiger charge is -2.16. The van der Waals surface area contributed by atoms with Crippen molar-refractivity contribution in [1.29, 1.82) is 0 Å². The van der Waals surface area contributed by atoms with Crippen LogP contribution in [0.4, 0.5) is 0 Å². The summed E-state index contributed by atoms with van der Waals surface area (Å²) in [5.74, 6) is -0.121. The van der Waals surface area contributed by atoms with Crippen LogP contribution in [0.3, 0.4) is 0 Å². The first-order valence-corrected chi connectivity index (χ1v) is 7.80. The molecule has 1 amide bonds. The van der Waals surface area contributed by atoms with Gasteiger partial charge in [0.2, 0.25) is 5.91 Å². The van der Waals surface area contributed by atoms with Crippen LogP contribution in [0.25, 0.3) is 5.69 Å². The van der Waals surface area contributed by atoms with Crippen molar-refractivity contribution in [3.8, 4) is 5.69 Å². The third-order valence-corrected chi connectivity index (χ3v) is 3.79. The van der Waals surface area contributed by atoms with Crippen molar-refractivity contribution in [2.45, 2.75) is 12.5 Å². The summed E-state index contributed by atoms with van der Waals surface area (Å²) < 4.78 is 1.76. The summed E-state index contributed by atoms with van der Waals surface area (Å²) in [4.78, 5) is 12.2. The molecule has 0 saturated heterocycles. The molecule has 0 aliphatic heterocycles. The Kier molecular flexibility index (Phi) is 5.03. The molecule has 1 atom stereocenters. The van der Waals surface area contributed by atoms with Crippen LogP contribution >= 0.6 is 0 Å². The van der Waals surface area contributed by atoms with Crippen molar-refractivity contribution in [2.75, 3.05) is 6.61 Å². The second-order valence-corrected chi connectivity index (χ2v) is 5.51. The number of carbonyl (C=O) groups excluding carboxylic acids is 1. The van der Waals surface area contributed by atoms with Gasteiger partial charge in [0.25, 0.3) is 0 Å². The maximum atomic E-state index is 12.2. The van der Waals surface area contributed by atoms with Crippen LogP contribution in [0.2, 0.25) is 0 Å². The van der Waals surface area contributed by atoms with E-state index in [1.54, 1.807) is 10.9 Å². The number of nitrogens with one attached hydrogen (secondary N) is 1. The van der Waals surface area contributed by atoms with Gasteiger partial charge >= 0.3 is 0 Å². The summed E-state index contributed by atoms with van der Waals surface area (Å²) in [6.07, 6.45) is 3.86. The molecule has 2 N–H and O–H groups in total. The van der Waals surface area contributed by atoms with Gasteiger partial charge in [0.15, 0.2) is 0 Å². The minimum Gasteiger partial charge on any atom is -0.394 e. The van der Waals surface area contributed by atoms with Gasteiger partial charge in [0.1, 0.15) is 0 Å². The number of nitrogens with zero attached hydrogens (tertiary/aromatic N) is 2. The van der Waals surface area contributed by atoms with Crippen molar-refractivity contribution in [3.63, 3.8) is 0 Å². The van der Waals surface area contributed by atoms with Gasteiger partial charge in [-0.25, -0.2) is 4.68 Å². The van der Waals surface area contributed by atoms with Crippen molar-refractivity contribution in [2.24, 2.45) is 0 Å². The van der Waals surface area contributed by atoms with Crippen molar-refractivity contribution < 1.29 is 9.90 Å². The normalized spacial score (nSPS) is 11.9. The lowest BCUT2D eigenvalue weighted by Crippen LogP contribution is -2.31. The Hall–Kier alpha value is -2.92. The smallest absolute Gasteiger partial charge is 0.224 e. The molecule has 3 aromatic rings. The number of hydrogen-bond donors (Lipinski definition) is 2. The summed E-state index contributed by atoms with van der Waals surface area (Å²) in [6.45, 7) is -0.131. The highest BCUT2D eigenvalue weighted by Gasteiger charge is 2.13. The van der Waals surface area contributed by atoms with Crippen LogP contribution in [-0.2, 0) is 11.2 Å². The lowest BCUT2D eigenvalue weighted by atomic mass is 10.1. The molecule has 5 nitrogen and oxygen atoms in total. The van der Waals surface area contributed by atoms with E-state index in [1.807, 2.05) is 66.9 Å². The number of aromatic nitrogens is 2. The number of aliphatic hydroxyl groups excluding tert-OH is 1. The third kappa shape index (κ3) is 3.88. The summed E-state index contributed by atoms with van der Waals surface area (Å²) in [6, 6.07) is 18.6. The molecule has 0 radical (unpaired) electrons. The monoisotopic (exact) mass is 321 g/mol. The fourth-order valence-corrected chi connectivity index (χ4v) is 2.54. The molecule has 0 unspecified atom stereocenters. The van der Waals surface area contributed by atoms with Crippen LogP contribution in [-0.4, -0.2) is 27.4 Å². The Morgan fingerprint density at radius 2 is 1.83 bits per heavy atom. The Bertz CT molecular complexity index is 768. The highest BCUT2D eigenvalue weighted by molar-refractivity contribution is 5.79. The Morgan fingerprint density at radius 1 is 1.08 bits per heavy atom. The second kappa shape index (κ2) is 7.57. The molecular formula is C19H19N3O2. The molecule has 122 valence electrons. The molecule has 5 heteroatoms. The van der Waals surface area contributed by atoms with E-state index in [2.05, 4.69) is 10.4 Å². The molecule has 0 saturated carbocycles. The van der Waals surface area contributed by atoms with E-state index < -0.39 is 0 Å². The second-order valence-electron chi connectivity index (χ2n) is 5.51. The number of aliphatic hydroxyl groups is 1. The van der Waals surface area contributed by atoms with Crippen LogP contribution < -0.4 is 5.32 Å². The maximum absolute atomic E-state index is 12.2. The van der Waals surface area contributed by atoms with Gasteiger partial charge < -0.3 is 10.4 Å². The minimum absolute atomic E-state index is 0.121. The highest BCUT2D eigenvalue weighted by atomic mass is 16.3. The molecule has 0 spiro atoms. The number of benzene rings is 2. The van der Waals surface area contributed by atoms with E-state index in [0.29, 0.717) is 0 Å². The Labute approximate surface area is 140 Å². The van der Waals surface area contributed by atoms with Crippen LogP contribution in [0.15, 0.2) is 73.1 Å². The average Bonchev–Trinajstić information content (AvgIpc) is 3.16. The van der Waals surface area contributed by atoms with Gasteiger partial charge in [-0.3, -0.25) is 4.79 Å². The molecule has 24 heavy (non-hydrogen) atoms. The Morgan fingerprint density at radius 3 is 2.46 bits per heavy atom. The van der Waals surface area contributed by atoms with Crippen LogP contribution in [0.5, 0.6) is 0 Å². The van der Waals surface area contributed by atoms with Gasteiger partial charge in [-0.1, -0.05) is 42.5 Å². The molecule has 0 fully saturated rings. The quantitative estimate of drug-likeness (QED) is 0.732. The zero-order valence-corrected chi connectivity index (χ0v) is 13.2. The zero-order valence-electron chi connectivity index (χ0n) is 13.2. The number of amides is 1. The SMILES string of the molecule is O=C(Cc1ccc(-n2cccn2)cc1)N[C@H](CO)c1ccccc1. The predicted octanol–water partition coefficient (Wildman–Crippen LogP) is 2.26. The zero-order chi connectivity index (χ0) is 16.8. The fourth-order valence-electron chi connectivity index (χ4n) is 2.54. The minimum atomic E-state index is -0.387. The first-order valence-electron chi connectivity index (χ1n) is 7.80. The third-order valence-electron chi connectivity index (χ3n) is 3.79. The van der Waals surface area contributed by atoms with Crippen molar-refractivity contribution in [3.05, 3.63) is 84.2 Å². The lowest BCUT2D eigenvalue weighted by molar-refractivity contribution is -0.121. The molecule has 0 aliphatic rings. The van der Waals surface area contributed by atoms with Gasteiger partial charge in [-0.2, -0.15) is 5.10 Å². The van der Waals surface area contributed by atoms with E-state index in [-0.39, 0.29) is 25.0 Å². The van der Waals surface area contributed by atoms with Crippen molar-refractivity contribution >= 4 is 5.91 Å². The van der Waals surface area contributed by atoms with E-state index in [4.69, 9.17) is 0 Å². The number of hydrogen-bond acceptors (Lipinski definition) is 3. The fraction of sp³-hybridized carbons (Fsp3) is 0.158. The van der Waals surface area contributed by atoms with E-state index in [9.17, 15) is 9.90 Å². The van der Waals surface area contributed by atoms with Crippen LogP contribution in [0.1, 0.15) is 17.2 Å². The highest BCUT2D eigenvalue weighted by Crippen LogP contribution is 2.13. The topological polar surface area (TPSA) is 67.2 Å². The first kappa shape index (κ1) is 16.0. The molecule has 0 bridgehead atoms. The van der Waals surface area contributed by atoms with Gasteiger partial charge in [-0.05, 0) is 29.3 Å². The molecule has 3 rings (SSSR count). The van der Waals surface area contributed by atoms with Gasteiger partial charge in [0, 0.05) is 12.4 Å². The molecule has 1 aromatic heterocycles. The summed E-state index contributed by atoms with van der Waals surface area (Å²) in [5, 5.41) is 16.5. The first-order chi connectivity index (χ1) is 11.8. The largest absolute Gasteiger partial charge is 0.394 e. The van der Waals surface area contributed by atoms with Crippen LogP contribution in [0, 0.1) is 0 Å². The maximum Gasteiger partial charge on any atom is 0.224 e. The standard InChI is InChI=1S/C19H19N3O2/c23-14-18(16-5-2-1-3-6-16)21-19(24)13-15-7-9-17(10-8-15)22-12-4-11-20-22/h1-12,18,23H,13-14H2,(H,21,24)/t18-/m1/s1. The van der Waals surface area contributed by atoms with E-state index >= 15 is 0 Å². The molecular weight excluding hydrogens is 302 g/mol. The summed E-state index contributed by atoms with van der Waals surface area (Å²) in [7, 11) is 0. The van der Waals surface area contributed by atoms with Crippen molar-refractivity contribution in [1.82, 2.24) is 15.1 Å². The number of carbonyl (C=O) groups is 1. The average molecular weight is 321 g/mol.